The van der Waals surface area contributed by atoms with E-state index in [4.69, 9.17) is 4.74 Å². The Hall–Kier alpha value is -1.45. The summed E-state index contributed by atoms with van der Waals surface area (Å²) in [5.41, 5.74) is 1.83. The lowest BCUT2D eigenvalue weighted by atomic mass is 9.99. The minimum Gasteiger partial charge on any atom is -0.388 e. The second-order valence-electron chi connectivity index (χ2n) is 4.77. The van der Waals surface area contributed by atoms with Gasteiger partial charge in [-0.3, -0.25) is 4.98 Å². The summed E-state index contributed by atoms with van der Waals surface area (Å²) in [5.74, 6) is 0.330. The molecule has 0 amide bonds. The molecule has 0 saturated carbocycles. The lowest BCUT2D eigenvalue weighted by Gasteiger charge is -2.16. The monoisotopic (exact) mass is 245 g/mol. The number of hydrogen-bond donors (Lipinski definition) is 1. The molecular formula is C15H19NO2. The van der Waals surface area contributed by atoms with Gasteiger partial charge in [0.25, 0.3) is 0 Å². The fourth-order valence-electron chi connectivity index (χ4n) is 2.14. The lowest BCUT2D eigenvalue weighted by molar-refractivity contribution is 0.102. The van der Waals surface area contributed by atoms with Crippen LogP contribution in [0.4, 0.5) is 0 Å². The van der Waals surface area contributed by atoms with Crippen molar-refractivity contribution in [3.63, 3.8) is 0 Å². The first-order valence-corrected chi connectivity index (χ1v) is 6.22. The summed E-state index contributed by atoms with van der Waals surface area (Å²) in [6, 6.07) is 9.93. The van der Waals surface area contributed by atoms with Crippen molar-refractivity contribution in [3.05, 3.63) is 42.1 Å². The Balaban J connectivity index is 2.15. The predicted molar refractivity (Wildman–Crippen MR) is 72.4 cm³/mol. The van der Waals surface area contributed by atoms with E-state index in [-0.39, 0.29) is 0 Å². The molecule has 2 rings (SSSR count). The van der Waals surface area contributed by atoms with Gasteiger partial charge in [0, 0.05) is 25.3 Å². The van der Waals surface area contributed by atoms with Gasteiger partial charge in [0.05, 0.1) is 11.6 Å². The average Bonchev–Trinajstić information content (AvgIpc) is 2.38. The van der Waals surface area contributed by atoms with Crippen molar-refractivity contribution >= 4 is 10.9 Å². The highest BCUT2D eigenvalue weighted by Gasteiger charge is 2.13. The SMILES string of the molecule is COCC(C)CC(O)c1cnc2ccccc2c1. The van der Waals surface area contributed by atoms with E-state index in [2.05, 4.69) is 11.9 Å². The van der Waals surface area contributed by atoms with E-state index in [1.165, 1.54) is 0 Å². The third kappa shape index (κ3) is 3.06. The number of fused-ring (bicyclic) bond motifs is 1. The van der Waals surface area contributed by atoms with Crippen molar-refractivity contribution in [1.29, 1.82) is 0 Å². The van der Waals surface area contributed by atoms with Crippen LogP contribution in [0.1, 0.15) is 25.0 Å². The first kappa shape index (κ1) is 13.0. The highest BCUT2D eigenvalue weighted by Crippen LogP contribution is 2.23. The van der Waals surface area contributed by atoms with Gasteiger partial charge >= 0.3 is 0 Å². The number of ether oxygens (including phenoxy) is 1. The van der Waals surface area contributed by atoms with Gasteiger partial charge in [-0.2, -0.15) is 0 Å². The summed E-state index contributed by atoms with van der Waals surface area (Å²) in [4.78, 5) is 4.36. The zero-order chi connectivity index (χ0) is 13.0. The largest absolute Gasteiger partial charge is 0.388 e. The van der Waals surface area contributed by atoms with E-state index in [0.717, 1.165) is 16.5 Å². The molecule has 18 heavy (non-hydrogen) atoms. The Kier molecular flexibility index (Phi) is 4.28. The van der Waals surface area contributed by atoms with Crippen LogP contribution in [0.3, 0.4) is 0 Å². The van der Waals surface area contributed by atoms with Crippen molar-refractivity contribution < 1.29 is 9.84 Å². The van der Waals surface area contributed by atoms with Crippen LogP contribution in [0.5, 0.6) is 0 Å². The molecule has 0 bridgehead atoms. The highest BCUT2D eigenvalue weighted by atomic mass is 16.5. The van der Waals surface area contributed by atoms with Crippen LogP contribution in [0.15, 0.2) is 36.5 Å². The Morgan fingerprint density at radius 3 is 2.89 bits per heavy atom. The number of rotatable bonds is 5. The molecular weight excluding hydrogens is 226 g/mol. The zero-order valence-electron chi connectivity index (χ0n) is 10.8. The maximum absolute atomic E-state index is 10.2. The van der Waals surface area contributed by atoms with Crippen LogP contribution in [-0.4, -0.2) is 23.8 Å². The van der Waals surface area contributed by atoms with E-state index in [1.807, 2.05) is 30.3 Å². The molecule has 0 saturated heterocycles. The first-order valence-electron chi connectivity index (χ1n) is 6.22. The smallest absolute Gasteiger partial charge is 0.0808 e. The van der Waals surface area contributed by atoms with Crippen LogP contribution in [0, 0.1) is 5.92 Å². The van der Waals surface area contributed by atoms with Crippen LogP contribution in [0.2, 0.25) is 0 Å². The molecule has 96 valence electrons. The molecule has 3 nitrogen and oxygen atoms in total. The number of methoxy groups -OCH3 is 1. The van der Waals surface area contributed by atoms with Crippen LogP contribution < -0.4 is 0 Å². The van der Waals surface area contributed by atoms with Gasteiger partial charge in [-0.05, 0) is 30.0 Å². The van der Waals surface area contributed by atoms with E-state index in [1.54, 1.807) is 13.3 Å². The van der Waals surface area contributed by atoms with Gasteiger partial charge in [-0.1, -0.05) is 25.1 Å². The molecule has 0 aliphatic carbocycles. The molecule has 2 aromatic rings. The molecule has 2 unspecified atom stereocenters. The van der Waals surface area contributed by atoms with Crippen LogP contribution >= 0.6 is 0 Å². The molecule has 1 aromatic carbocycles. The molecule has 1 N–H and O–H groups in total. The number of para-hydroxylation sites is 1. The molecule has 3 heteroatoms. The zero-order valence-corrected chi connectivity index (χ0v) is 10.8. The van der Waals surface area contributed by atoms with Gasteiger partial charge in [0.15, 0.2) is 0 Å². The second kappa shape index (κ2) is 5.94. The number of aliphatic hydroxyl groups excluding tert-OH is 1. The Morgan fingerprint density at radius 2 is 2.11 bits per heavy atom. The number of hydrogen-bond acceptors (Lipinski definition) is 3. The van der Waals surface area contributed by atoms with E-state index >= 15 is 0 Å². The Morgan fingerprint density at radius 1 is 1.33 bits per heavy atom. The average molecular weight is 245 g/mol. The molecule has 0 aliphatic rings. The van der Waals surface area contributed by atoms with Gasteiger partial charge in [-0.25, -0.2) is 0 Å². The fourth-order valence-corrected chi connectivity index (χ4v) is 2.14. The summed E-state index contributed by atoms with van der Waals surface area (Å²) in [5, 5.41) is 11.2. The topological polar surface area (TPSA) is 42.4 Å². The molecule has 0 spiro atoms. The maximum atomic E-state index is 10.2. The third-order valence-corrected chi connectivity index (χ3v) is 3.07. The lowest BCUT2D eigenvalue weighted by Crippen LogP contribution is -2.09. The van der Waals surface area contributed by atoms with Crippen molar-refractivity contribution in [2.45, 2.75) is 19.4 Å². The molecule has 2 atom stereocenters. The fraction of sp³-hybridized carbons (Fsp3) is 0.400. The molecule has 0 radical (unpaired) electrons. The molecule has 1 heterocycles. The van der Waals surface area contributed by atoms with Crippen molar-refractivity contribution in [1.82, 2.24) is 4.98 Å². The third-order valence-electron chi connectivity index (χ3n) is 3.07. The van der Waals surface area contributed by atoms with Crippen molar-refractivity contribution in [2.75, 3.05) is 13.7 Å². The standard InChI is InChI=1S/C15H19NO2/c1-11(10-18-2)7-15(17)13-8-12-5-3-4-6-14(12)16-9-13/h3-6,8-9,11,15,17H,7,10H2,1-2H3. The quantitative estimate of drug-likeness (QED) is 0.880. The number of aromatic nitrogens is 1. The molecule has 0 aliphatic heterocycles. The second-order valence-corrected chi connectivity index (χ2v) is 4.77. The van der Waals surface area contributed by atoms with Gasteiger partial charge < -0.3 is 9.84 Å². The van der Waals surface area contributed by atoms with Gasteiger partial charge in [-0.15, -0.1) is 0 Å². The Labute approximate surface area is 107 Å². The summed E-state index contributed by atoms with van der Waals surface area (Å²) < 4.78 is 5.08. The van der Waals surface area contributed by atoms with Crippen LogP contribution in [0.25, 0.3) is 10.9 Å². The Bertz CT molecular complexity index is 513. The van der Waals surface area contributed by atoms with Crippen molar-refractivity contribution in [2.24, 2.45) is 5.92 Å². The maximum Gasteiger partial charge on any atom is 0.0808 e. The first-order chi connectivity index (χ1) is 8.70. The predicted octanol–water partition coefficient (Wildman–Crippen LogP) is 2.94. The summed E-state index contributed by atoms with van der Waals surface area (Å²) in [7, 11) is 1.68. The normalized spacial score (nSPS) is 14.6. The number of aliphatic hydroxyl groups is 1. The van der Waals surface area contributed by atoms with E-state index in [0.29, 0.717) is 18.9 Å². The molecule has 1 aromatic heterocycles. The van der Waals surface area contributed by atoms with E-state index < -0.39 is 6.10 Å². The molecule has 0 fully saturated rings. The summed E-state index contributed by atoms with van der Waals surface area (Å²) in [6.07, 6.45) is 1.97. The van der Waals surface area contributed by atoms with Crippen molar-refractivity contribution in [3.8, 4) is 0 Å². The highest BCUT2D eigenvalue weighted by molar-refractivity contribution is 5.78. The van der Waals surface area contributed by atoms with Crippen LogP contribution in [-0.2, 0) is 4.74 Å². The summed E-state index contributed by atoms with van der Waals surface area (Å²) >= 11 is 0. The van der Waals surface area contributed by atoms with Gasteiger partial charge in [0.1, 0.15) is 0 Å². The van der Waals surface area contributed by atoms with Gasteiger partial charge in [0.2, 0.25) is 0 Å². The van der Waals surface area contributed by atoms with E-state index in [9.17, 15) is 5.11 Å². The summed E-state index contributed by atoms with van der Waals surface area (Å²) in [6.45, 7) is 2.74. The number of benzene rings is 1. The number of pyridine rings is 1. The number of nitrogens with zero attached hydrogens (tertiary/aromatic N) is 1. The minimum atomic E-state index is -0.479. The minimum absolute atomic E-state index is 0.330.